The number of nitrogens with zero attached hydrogens (tertiary/aromatic N) is 2. The van der Waals surface area contributed by atoms with Gasteiger partial charge in [-0.2, -0.15) is 0 Å². The van der Waals surface area contributed by atoms with Gasteiger partial charge in [0.2, 0.25) is 0 Å². The molecule has 2 heterocycles. The van der Waals surface area contributed by atoms with Crippen LogP contribution in [0.2, 0.25) is 0 Å². The Morgan fingerprint density at radius 3 is 2.91 bits per heavy atom. The Kier molecular flexibility index (Phi) is 4.27. The van der Waals surface area contributed by atoms with Gasteiger partial charge in [-0.1, -0.05) is 32.0 Å². The summed E-state index contributed by atoms with van der Waals surface area (Å²) in [4.78, 5) is 7.21. The highest BCUT2D eigenvalue weighted by Gasteiger charge is 2.31. The molecule has 0 aromatic heterocycles. The molecular formula is C18H27N3O. The molecule has 4 heteroatoms. The third-order valence-electron chi connectivity index (χ3n) is 4.47. The summed E-state index contributed by atoms with van der Waals surface area (Å²) < 4.78 is 5.99. The highest BCUT2D eigenvalue weighted by atomic mass is 16.5. The quantitative estimate of drug-likeness (QED) is 0.689. The van der Waals surface area contributed by atoms with Crippen LogP contribution >= 0.6 is 0 Å². The molecule has 4 nitrogen and oxygen atoms in total. The molecule has 1 fully saturated rings. The third kappa shape index (κ3) is 3.37. The first-order valence-electron chi connectivity index (χ1n) is 8.35. The van der Waals surface area contributed by atoms with Crippen LogP contribution in [0.5, 0.6) is 5.75 Å². The third-order valence-corrected chi connectivity index (χ3v) is 4.47. The van der Waals surface area contributed by atoms with Crippen LogP contribution in [-0.4, -0.2) is 43.1 Å². The fraction of sp³-hybridized carbons (Fsp3) is 0.611. The smallest absolute Gasteiger partial charge is 0.194 e. The highest BCUT2D eigenvalue weighted by Crippen LogP contribution is 2.30. The van der Waals surface area contributed by atoms with E-state index in [0.29, 0.717) is 12.0 Å². The zero-order valence-electron chi connectivity index (χ0n) is 13.9. The number of hydrogen-bond donors (Lipinski definition) is 1. The second-order valence-electron chi connectivity index (χ2n) is 7.08. The van der Waals surface area contributed by atoms with Crippen LogP contribution in [0.25, 0.3) is 0 Å². The van der Waals surface area contributed by atoms with Crippen molar-refractivity contribution in [2.75, 3.05) is 26.2 Å². The lowest BCUT2D eigenvalue weighted by Gasteiger charge is -2.24. The Bertz CT molecular complexity index is 528. The second kappa shape index (κ2) is 6.19. The lowest BCUT2D eigenvalue weighted by atomic mass is 9.93. The van der Waals surface area contributed by atoms with Gasteiger partial charge in [0.05, 0.1) is 6.54 Å². The molecule has 1 aromatic carbocycles. The van der Waals surface area contributed by atoms with Crippen molar-refractivity contribution < 1.29 is 4.74 Å². The van der Waals surface area contributed by atoms with Crippen LogP contribution in [0.3, 0.4) is 0 Å². The second-order valence-corrected chi connectivity index (χ2v) is 7.08. The number of aliphatic imine (C=N–C) groups is 1. The molecule has 1 N–H and O–H groups in total. The minimum Gasteiger partial charge on any atom is -0.488 e. The van der Waals surface area contributed by atoms with Crippen LogP contribution in [0.4, 0.5) is 0 Å². The molecule has 3 rings (SSSR count). The molecule has 1 unspecified atom stereocenters. The van der Waals surface area contributed by atoms with Crippen LogP contribution in [-0.2, 0) is 6.42 Å². The van der Waals surface area contributed by atoms with E-state index in [2.05, 4.69) is 43.1 Å². The minimum atomic E-state index is 0.168. The van der Waals surface area contributed by atoms with E-state index < -0.39 is 0 Å². The van der Waals surface area contributed by atoms with Gasteiger partial charge in [0.15, 0.2) is 5.96 Å². The highest BCUT2D eigenvalue weighted by molar-refractivity contribution is 5.80. The van der Waals surface area contributed by atoms with E-state index in [1.54, 1.807) is 0 Å². The number of benzene rings is 1. The fourth-order valence-electron chi connectivity index (χ4n) is 3.26. The molecule has 0 aliphatic carbocycles. The summed E-state index contributed by atoms with van der Waals surface area (Å²) >= 11 is 0. The van der Waals surface area contributed by atoms with Crippen molar-refractivity contribution in [1.29, 1.82) is 0 Å². The van der Waals surface area contributed by atoms with Gasteiger partial charge in [-0.15, -0.1) is 0 Å². The number of guanidine groups is 1. The predicted molar refractivity (Wildman–Crippen MR) is 90.5 cm³/mol. The van der Waals surface area contributed by atoms with Crippen LogP contribution in [0, 0.1) is 5.41 Å². The van der Waals surface area contributed by atoms with Crippen molar-refractivity contribution in [2.24, 2.45) is 10.4 Å². The Labute approximate surface area is 133 Å². The maximum Gasteiger partial charge on any atom is 0.194 e. The Morgan fingerprint density at radius 1 is 1.41 bits per heavy atom. The molecule has 0 spiro atoms. The monoisotopic (exact) mass is 301 g/mol. The summed E-state index contributed by atoms with van der Waals surface area (Å²) in [7, 11) is 0. The first kappa shape index (κ1) is 15.2. The maximum absolute atomic E-state index is 5.99. The van der Waals surface area contributed by atoms with Gasteiger partial charge in [-0.25, -0.2) is 4.99 Å². The molecule has 1 saturated heterocycles. The van der Waals surface area contributed by atoms with E-state index in [0.717, 1.165) is 37.8 Å². The first-order chi connectivity index (χ1) is 10.6. The number of hydrogen-bond acceptors (Lipinski definition) is 2. The molecular weight excluding hydrogens is 274 g/mol. The van der Waals surface area contributed by atoms with Gasteiger partial charge in [-0.05, 0) is 30.4 Å². The Balaban J connectivity index is 1.62. The van der Waals surface area contributed by atoms with Crippen molar-refractivity contribution in [3.05, 3.63) is 29.8 Å². The van der Waals surface area contributed by atoms with Crippen molar-refractivity contribution in [3.8, 4) is 5.75 Å². The summed E-state index contributed by atoms with van der Waals surface area (Å²) in [5, 5.41) is 3.43. The molecule has 2 aliphatic heterocycles. The van der Waals surface area contributed by atoms with Gasteiger partial charge >= 0.3 is 0 Å². The Morgan fingerprint density at radius 2 is 2.23 bits per heavy atom. The van der Waals surface area contributed by atoms with Crippen LogP contribution in [0.15, 0.2) is 29.3 Å². The summed E-state index contributed by atoms with van der Waals surface area (Å²) in [6.45, 7) is 10.6. The van der Waals surface area contributed by atoms with Crippen molar-refractivity contribution in [3.63, 3.8) is 0 Å². The van der Waals surface area contributed by atoms with Crippen LogP contribution < -0.4 is 10.1 Å². The number of nitrogens with one attached hydrogen (secondary N) is 1. The standard InChI is InChI=1S/C18H27N3O/c1-4-19-17(21-10-9-18(2,3)13-21)20-12-15-11-14-7-5-6-8-16(14)22-15/h5-8,15H,4,9-13H2,1-3H3,(H,19,20). The summed E-state index contributed by atoms with van der Waals surface area (Å²) in [5.74, 6) is 2.06. The lowest BCUT2D eigenvalue weighted by molar-refractivity contribution is 0.241. The molecule has 120 valence electrons. The van der Waals surface area contributed by atoms with Gasteiger partial charge in [0.25, 0.3) is 0 Å². The van der Waals surface area contributed by atoms with E-state index >= 15 is 0 Å². The van der Waals surface area contributed by atoms with E-state index in [9.17, 15) is 0 Å². The fourth-order valence-corrected chi connectivity index (χ4v) is 3.26. The van der Waals surface area contributed by atoms with Gasteiger partial charge in [-0.3, -0.25) is 0 Å². The zero-order chi connectivity index (χ0) is 15.6. The average Bonchev–Trinajstić information content (AvgIpc) is 3.06. The van der Waals surface area contributed by atoms with E-state index in [-0.39, 0.29) is 6.10 Å². The van der Waals surface area contributed by atoms with E-state index in [1.165, 1.54) is 12.0 Å². The van der Waals surface area contributed by atoms with Gasteiger partial charge in [0, 0.05) is 26.1 Å². The lowest BCUT2D eigenvalue weighted by Crippen LogP contribution is -2.41. The summed E-state index contributed by atoms with van der Waals surface area (Å²) in [6, 6.07) is 8.30. The van der Waals surface area contributed by atoms with Crippen molar-refractivity contribution >= 4 is 5.96 Å². The van der Waals surface area contributed by atoms with E-state index in [4.69, 9.17) is 9.73 Å². The molecule has 0 saturated carbocycles. The SMILES string of the molecule is CCNC(=NCC1Cc2ccccc2O1)N1CCC(C)(C)C1. The number of likely N-dealkylation sites (tertiary alicyclic amines) is 1. The minimum absolute atomic E-state index is 0.168. The normalized spacial score (nSPS) is 23.3. The zero-order valence-corrected chi connectivity index (χ0v) is 13.9. The topological polar surface area (TPSA) is 36.9 Å². The van der Waals surface area contributed by atoms with Crippen molar-refractivity contribution in [1.82, 2.24) is 10.2 Å². The first-order valence-corrected chi connectivity index (χ1v) is 8.35. The number of ether oxygens (including phenoxy) is 1. The molecule has 0 amide bonds. The van der Waals surface area contributed by atoms with Gasteiger partial charge < -0.3 is 15.0 Å². The molecule has 1 aromatic rings. The van der Waals surface area contributed by atoms with Crippen molar-refractivity contribution in [2.45, 2.75) is 39.7 Å². The molecule has 1 atom stereocenters. The average molecular weight is 301 g/mol. The number of rotatable bonds is 3. The molecule has 22 heavy (non-hydrogen) atoms. The van der Waals surface area contributed by atoms with E-state index in [1.807, 2.05) is 12.1 Å². The molecule has 0 bridgehead atoms. The van der Waals surface area contributed by atoms with Crippen LogP contribution in [0.1, 0.15) is 32.8 Å². The Hall–Kier alpha value is -1.71. The largest absolute Gasteiger partial charge is 0.488 e. The predicted octanol–water partition coefficient (Wildman–Crippen LogP) is 2.69. The molecule has 0 radical (unpaired) electrons. The van der Waals surface area contributed by atoms with Gasteiger partial charge in [0.1, 0.15) is 11.9 Å². The molecule has 2 aliphatic rings. The maximum atomic E-state index is 5.99. The summed E-state index contributed by atoms with van der Waals surface area (Å²) in [6.07, 6.45) is 2.36. The summed E-state index contributed by atoms with van der Waals surface area (Å²) in [5.41, 5.74) is 1.69. The number of para-hydroxylation sites is 1. The number of fused-ring (bicyclic) bond motifs is 1.